The third kappa shape index (κ3) is 6.95. The lowest BCUT2D eigenvalue weighted by atomic mass is 10.1. The second-order valence-corrected chi connectivity index (χ2v) is 7.64. The Balaban J connectivity index is 3.06. The van der Waals surface area contributed by atoms with Gasteiger partial charge >= 0.3 is 15.0 Å². The van der Waals surface area contributed by atoms with E-state index in [9.17, 15) is 27.6 Å². The molecule has 0 aliphatic carbocycles. The Morgan fingerprint density at radius 2 is 1.44 bits per heavy atom. The number of alkyl halides is 3. The normalized spacial score (nSPS) is 11.6. The maximum absolute atomic E-state index is 12.8. The number of benzene rings is 1. The zero-order chi connectivity index (χ0) is 19.3. The van der Waals surface area contributed by atoms with Crippen LogP contribution in [0.15, 0.2) is 24.3 Å². The molecule has 138 valence electrons. The summed E-state index contributed by atoms with van der Waals surface area (Å²) >= 11 is 0. The van der Waals surface area contributed by atoms with Gasteiger partial charge in [0.15, 0.2) is 0 Å². The molecule has 10 heteroatoms. The van der Waals surface area contributed by atoms with Crippen LogP contribution >= 0.6 is 0 Å². The molecule has 0 saturated carbocycles. The first-order chi connectivity index (χ1) is 11.4. The SMILES string of the molecule is CC(=O)O[Si](CCc1cccc(C(F)(F)F)c1)(OC(C)=O)OC(C)=O. The van der Waals surface area contributed by atoms with Crippen molar-refractivity contribution < 1.29 is 40.8 Å². The lowest BCUT2D eigenvalue weighted by Crippen LogP contribution is -2.49. The third-order valence-electron chi connectivity index (χ3n) is 2.87. The molecule has 1 aromatic rings. The van der Waals surface area contributed by atoms with Crippen molar-refractivity contribution in [2.75, 3.05) is 0 Å². The molecule has 0 N–H and O–H groups in total. The molecular weight excluding hydrogens is 361 g/mol. The second-order valence-electron chi connectivity index (χ2n) is 5.16. The Bertz CT molecular complexity index is 618. The number of carbonyl (C=O) groups is 3. The van der Waals surface area contributed by atoms with Crippen LogP contribution in [-0.2, 0) is 40.3 Å². The fourth-order valence-corrected chi connectivity index (χ4v) is 4.41. The molecule has 0 fully saturated rings. The van der Waals surface area contributed by atoms with Gasteiger partial charge in [-0.05, 0) is 18.1 Å². The topological polar surface area (TPSA) is 78.9 Å². The van der Waals surface area contributed by atoms with E-state index in [4.69, 9.17) is 13.3 Å². The van der Waals surface area contributed by atoms with Crippen LogP contribution < -0.4 is 0 Å². The van der Waals surface area contributed by atoms with E-state index in [1.54, 1.807) is 0 Å². The highest BCUT2D eigenvalue weighted by atomic mass is 28.4. The van der Waals surface area contributed by atoms with Crippen molar-refractivity contribution in [2.24, 2.45) is 0 Å². The van der Waals surface area contributed by atoms with Crippen molar-refractivity contribution >= 4 is 26.7 Å². The van der Waals surface area contributed by atoms with Crippen LogP contribution in [0.1, 0.15) is 31.9 Å². The van der Waals surface area contributed by atoms with Crippen LogP contribution in [0.2, 0.25) is 6.04 Å². The standard InChI is InChI=1S/C15H17F3O6Si/c1-10(19)22-25(23-11(2)20,24-12(3)21)8-7-13-5-4-6-14(9-13)15(16,17)18/h4-6,9H,7-8H2,1-3H3. The Morgan fingerprint density at radius 1 is 0.960 bits per heavy atom. The molecule has 0 bridgehead atoms. The fourth-order valence-electron chi connectivity index (χ4n) is 2.07. The van der Waals surface area contributed by atoms with Crippen molar-refractivity contribution in [1.82, 2.24) is 0 Å². The van der Waals surface area contributed by atoms with E-state index in [0.717, 1.165) is 32.9 Å². The zero-order valence-corrected chi connectivity index (χ0v) is 14.8. The summed E-state index contributed by atoms with van der Waals surface area (Å²) in [4.78, 5) is 33.9. The summed E-state index contributed by atoms with van der Waals surface area (Å²) in [7, 11) is -4.06. The van der Waals surface area contributed by atoms with Gasteiger partial charge in [-0.25, -0.2) is 0 Å². The quantitative estimate of drug-likeness (QED) is 0.709. The van der Waals surface area contributed by atoms with Crippen molar-refractivity contribution in [3.63, 3.8) is 0 Å². The lowest BCUT2D eigenvalue weighted by molar-refractivity contribution is -0.148. The van der Waals surface area contributed by atoms with Gasteiger partial charge in [-0.15, -0.1) is 0 Å². The number of halogens is 3. The molecule has 0 aliphatic rings. The van der Waals surface area contributed by atoms with Gasteiger partial charge in [0.2, 0.25) is 0 Å². The first-order valence-corrected chi connectivity index (χ1v) is 9.11. The smallest absolute Gasteiger partial charge is 0.455 e. The third-order valence-corrected chi connectivity index (χ3v) is 5.53. The van der Waals surface area contributed by atoms with Gasteiger partial charge in [0.25, 0.3) is 17.9 Å². The van der Waals surface area contributed by atoms with E-state index in [-0.39, 0.29) is 18.0 Å². The second kappa shape index (κ2) is 8.14. The molecule has 0 aromatic heterocycles. The van der Waals surface area contributed by atoms with Crippen molar-refractivity contribution in [2.45, 2.75) is 39.4 Å². The molecule has 0 heterocycles. The van der Waals surface area contributed by atoms with Gasteiger partial charge in [-0.2, -0.15) is 13.2 Å². The Hall–Kier alpha value is -2.36. The molecule has 25 heavy (non-hydrogen) atoms. The minimum Gasteiger partial charge on any atom is -0.455 e. The average Bonchev–Trinajstić information content (AvgIpc) is 2.42. The first kappa shape index (κ1) is 20.7. The average molecular weight is 378 g/mol. The molecule has 0 amide bonds. The number of hydrogen-bond acceptors (Lipinski definition) is 6. The van der Waals surface area contributed by atoms with E-state index in [1.165, 1.54) is 12.1 Å². The monoisotopic (exact) mass is 378 g/mol. The largest absolute Gasteiger partial charge is 0.705 e. The van der Waals surface area contributed by atoms with Gasteiger partial charge in [0.05, 0.1) is 11.6 Å². The molecule has 1 rings (SSSR count). The highest BCUT2D eigenvalue weighted by Crippen LogP contribution is 2.30. The first-order valence-electron chi connectivity index (χ1n) is 7.18. The molecule has 1 aromatic carbocycles. The number of hydrogen-bond donors (Lipinski definition) is 0. The van der Waals surface area contributed by atoms with Gasteiger partial charge in [0, 0.05) is 20.8 Å². The fraction of sp³-hybridized carbons (Fsp3) is 0.400. The summed E-state index contributed by atoms with van der Waals surface area (Å²) in [6.45, 7) is 3.12. The van der Waals surface area contributed by atoms with E-state index in [1.807, 2.05) is 0 Å². The molecule has 6 nitrogen and oxygen atoms in total. The van der Waals surface area contributed by atoms with Gasteiger partial charge < -0.3 is 13.3 Å². The van der Waals surface area contributed by atoms with Crippen molar-refractivity contribution in [3.8, 4) is 0 Å². The lowest BCUT2D eigenvalue weighted by Gasteiger charge is -2.26. The summed E-state index contributed by atoms with van der Waals surface area (Å²) in [5.41, 5.74) is -0.581. The summed E-state index contributed by atoms with van der Waals surface area (Å²) < 4.78 is 53.2. The maximum atomic E-state index is 12.8. The molecule has 0 saturated heterocycles. The van der Waals surface area contributed by atoms with Gasteiger partial charge in [-0.1, -0.05) is 18.2 Å². The van der Waals surface area contributed by atoms with E-state index in [0.29, 0.717) is 0 Å². The Kier molecular flexibility index (Phi) is 6.74. The highest BCUT2D eigenvalue weighted by Gasteiger charge is 2.51. The van der Waals surface area contributed by atoms with Crippen molar-refractivity contribution in [3.05, 3.63) is 35.4 Å². The molecule has 0 aliphatic heterocycles. The van der Waals surface area contributed by atoms with E-state index in [2.05, 4.69) is 0 Å². The highest BCUT2D eigenvalue weighted by molar-refractivity contribution is 6.65. The van der Waals surface area contributed by atoms with Crippen molar-refractivity contribution in [1.29, 1.82) is 0 Å². The van der Waals surface area contributed by atoms with Gasteiger partial charge in [-0.3, -0.25) is 14.4 Å². The Labute approximate surface area is 143 Å². The summed E-state index contributed by atoms with van der Waals surface area (Å²) in [5, 5.41) is 0. The summed E-state index contributed by atoms with van der Waals surface area (Å²) in [6.07, 6.45) is -4.56. The summed E-state index contributed by atoms with van der Waals surface area (Å²) in [5.74, 6) is -2.50. The minimum absolute atomic E-state index is 0.0516. The number of carbonyl (C=O) groups excluding carboxylic acids is 3. The minimum atomic E-state index is -4.51. The van der Waals surface area contributed by atoms with Crippen LogP contribution in [-0.4, -0.2) is 26.7 Å². The summed E-state index contributed by atoms with van der Waals surface area (Å²) in [6, 6.07) is 4.27. The number of aryl methyl sites for hydroxylation is 1. The predicted octanol–water partition coefficient (Wildman–Crippen LogP) is 2.88. The van der Waals surface area contributed by atoms with Crippen LogP contribution in [0, 0.1) is 0 Å². The molecule has 0 radical (unpaired) electrons. The molecule has 0 spiro atoms. The van der Waals surface area contributed by atoms with Crippen LogP contribution in [0.4, 0.5) is 13.2 Å². The molecular formula is C15H17F3O6Si. The van der Waals surface area contributed by atoms with E-state index < -0.39 is 38.5 Å². The molecule has 0 atom stereocenters. The maximum Gasteiger partial charge on any atom is 0.705 e. The number of rotatable bonds is 6. The predicted molar refractivity (Wildman–Crippen MR) is 81.0 cm³/mol. The Morgan fingerprint density at radius 3 is 1.84 bits per heavy atom. The van der Waals surface area contributed by atoms with Crippen LogP contribution in [0.3, 0.4) is 0 Å². The van der Waals surface area contributed by atoms with E-state index >= 15 is 0 Å². The molecule has 0 unspecified atom stereocenters. The van der Waals surface area contributed by atoms with Crippen LogP contribution in [0.25, 0.3) is 0 Å². The van der Waals surface area contributed by atoms with Crippen LogP contribution in [0.5, 0.6) is 0 Å². The zero-order valence-electron chi connectivity index (χ0n) is 13.8. The van der Waals surface area contributed by atoms with Gasteiger partial charge in [0.1, 0.15) is 0 Å².